The Morgan fingerprint density at radius 3 is 2.61 bits per heavy atom. The summed E-state index contributed by atoms with van der Waals surface area (Å²) in [6, 6.07) is 0. The van der Waals surface area contributed by atoms with Gasteiger partial charge in [-0.15, -0.1) is 0 Å². The molecule has 2 N–H and O–H groups in total. The van der Waals surface area contributed by atoms with Crippen LogP contribution in [0.4, 0.5) is 4.79 Å². The summed E-state index contributed by atoms with van der Waals surface area (Å²) < 4.78 is 5.25. The van der Waals surface area contributed by atoms with E-state index in [0.29, 0.717) is 18.4 Å². The van der Waals surface area contributed by atoms with Crippen LogP contribution in [0.2, 0.25) is 0 Å². The number of alkyl carbamates (subject to hydrolysis) is 1. The average Bonchev–Trinajstić information content (AvgIpc) is 2.17. The molecule has 106 valence electrons. The minimum atomic E-state index is -0.427. The third kappa shape index (κ3) is 5.25. The lowest BCUT2D eigenvalue weighted by Crippen LogP contribution is -2.52. The summed E-state index contributed by atoms with van der Waals surface area (Å²) >= 11 is 0. The predicted molar refractivity (Wildman–Crippen MR) is 73.6 cm³/mol. The zero-order chi connectivity index (χ0) is 14.0. The third-order valence-corrected chi connectivity index (χ3v) is 3.39. The molecule has 1 saturated heterocycles. The molecule has 4 nitrogen and oxygen atoms in total. The highest BCUT2D eigenvalue weighted by molar-refractivity contribution is 5.67. The van der Waals surface area contributed by atoms with Crippen LogP contribution in [0.5, 0.6) is 0 Å². The van der Waals surface area contributed by atoms with Gasteiger partial charge in [-0.3, -0.25) is 0 Å². The summed E-state index contributed by atoms with van der Waals surface area (Å²) in [5.41, 5.74) is -0.268. The van der Waals surface area contributed by atoms with E-state index in [-0.39, 0.29) is 11.6 Å². The summed E-state index contributed by atoms with van der Waals surface area (Å²) in [5.74, 6) is 1.08. The number of carbonyl (C=O) groups excluding carboxylic acids is 1. The van der Waals surface area contributed by atoms with Crippen molar-refractivity contribution >= 4 is 6.09 Å². The monoisotopic (exact) mass is 256 g/mol. The Hall–Kier alpha value is -0.770. The molecule has 0 aromatic carbocycles. The number of carbonyl (C=O) groups is 1. The van der Waals surface area contributed by atoms with E-state index in [1.54, 1.807) is 0 Å². The molecule has 0 bridgehead atoms. The molecule has 0 spiro atoms. The molecule has 0 saturated carbocycles. The quantitative estimate of drug-likeness (QED) is 0.798. The first-order chi connectivity index (χ1) is 8.09. The van der Waals surface area contributed by atoms with Gasteiger partial charge in [0.25, 0.3) is 0 Å². The minimum Gasteiger partial charge on any atom is -0.444 e. The number of amides is 1. The van der Waals surface area contributed by atoms with Crippen LogP contribution in [0.1, 0.15) is 48.0 Å². The molecule has 0 aromatic rings. The van der Waals surface area contributed by atoms with Crippen molar-refractivity contribution in [3.8, 4) is 0 Å². The number of ether oxygens (including phenoxy) is 1. The van der Waals surface area contributed by atoms with E-state index < -0.39 is 5.60 Å². The van der Waals surface area contributed by atoms with Crippen LogP contribution in [0, 0.1) is 11.8 Å². The highest BCUT2D eigenvalue weighted by Crippen LogP contribution is 2.27. The first-order valence-corrected chi connectivity index (χ1v) is 6.81. The molecular formula is C14H28N2O2. The molecule has 18 heavy (non-hydrogen) atoms. The molecule has 1 rings (SSSR count). The molecule has 1 fully saturated rings. The normalized spacial score (nSPS) is 27.7. The number of piperidine rings is 1. The van der Waals surface area contributed by atoms with E-state index >= 15 is 0 Å². The molecule has 2 unspecified atom stereocenters. The van der Waals surface area contributed by atoms with Gasteiger partial charge in [0.1, 0.15) is 5.60 Å². The third-order valence-electron chi connectivity index (χ3n) is 3.39. The SMILES string of the molecule is CC1CNC(C)(C)CC1CNC(=O)OC(C)(C)C. The van der Waals surface area contributed by atoms with Gasteiger partial charge in [-0.25, -0.2) is 4.79 Å². The zero-order valence-electron chi connectivity index (χ0n) is 12.6. The van der Waals surface area contributed by atoms with Gasteiger partial charge in [-0.1, -0.05) is 6.92 Å². The lowest BCUT2D eigenvalue weighted by Gasteiger charge is -2.40. The lowest BCUT2D eigenvalue weighted by molar-refractivity contribution is 0.0499. The summed E-state index contributed by atoms with van der Waals surface area (Å²) in [7, 11) is 0. The summed E-state index contributed by atoms with van der Waals surface area (Å²) in [5, 5.41) is 6.41. The van der Waals surface area contributed by atoms with Crippen molar-refractivity contribution in [3.05, 3.63) is 0 Å². The van der Waals surface area contributed by atoms with Gasteiger partial charge in [0.2, 0.25) is 0 Å². The van der Waals surface area contributed by atoms with Crippen LogP contribution in [0.15, 0.2) is 0 Å². The van der Waals surface area contributed by atoms with Crippen LogP contribution >= 0.6 is 0 Å². The van der Waals surface area contributed by atoms with Gasteiger partial charge in [0, 0.05) is 12.1 Å². The van der Waals surface area contributed by atoms with Crippen molar-refractivity contribution < 1.29 is 9.53 Å². The highest BCUT2D eigenvalue weighted by Gasteiger charge is 2.32. The lowest BCUT2D eigenvalue weighted by atomic mass is 9.78. The molecule has 1 heterocycles. The molecule has 0 aliphatic carbocycles. The zero-order valence-corrected chi connectivity index (χ0v) is 12.6. The fourth-order valence-corrected chi connectivity index (χ4v) is 2.33. The Morgan fingerprint density at radius 1 is 1.44 bits per heavy atom. The van der Waals surface area contributed by atoms with E-state index in [2.05, 4.69) is 31.4 Å². The number of rotatable bonds is 2. The van der Waals surface area contributed by atoms with Crippen molar-refractivity contribution in [2.45, 2.75) is 59.1 Å². The van der Waals surface area contributed by atoms with Gasteiger partial charge < -0.3 is 15.4 Å². The van der Waals surface area contributed by atoms with Gasteiger partial charge in [-0.05, 0) is 59.4 Å². The molecule has 0 aromatic heterocycles. The maximum Gasteiger partial charge on any atom is 0.407 e. The number of hydrogen-bond acceptors (Lipinski definition) is 3. The predicted octanol–water partition coefficient (Wildman–Crippen LogP) is 2.54. The van der Waals surface area contributed by atoms with Crippen molar-refractivity contribution in [3.63, 3.8) is 0 Å². The maximum absolute atomic E-state index is 11.6. The first-order valence-electron chi connectivity index (χ1n) is 6.81. The van der Waals surface area contributed by atoms with Crippen molar-refractivity contribution in [2.24, 2.45) is 11.8 Å². The molecule has 1 amide bonds. The second-order valence-corrected chi connectivity index (χ2v) is 7.09. The summed E-state index contributed by atoms with van der Waals surface area (Å²) in [4.78, 5) is 11.6. The number of nitrogens with one attached hydrogen (secondary N) is 2. The minimum absolute atomic E-state index is 0.160. The van der Waals surface area contributed by atoms with Crippen molar-refractivity contribution in [1.82, 2.24) is 10.6 Å². The van der Waals surface area contributed by atoms with Gasteiger partial charge >= 0.3 is 6.09 Å². The Labute approximate surface area is 111 Å². The average molecular weight is 256 g/mol. The summed E-state index contributed by atoms with van der Waals surface area (Å²) in [6.45, 7) is 14.0. The van der Waals surface area contributed by atoms with Crippen LogP contribution in [-0.4, -0.2) is 30.3 Å². The second-order valence-electron chi connectivity index (χ2n) is 7.09. The van der Waals surface area contributed by atoms with E-state index in [0.717, 1.165) is 13.0 Å². The van der Waals surface area contributed by atoms with E-state index in [9.17, 15) is 4.79 Å². The van der Waals surface area contributed by atoms with Crippen LogP contribution < -0.4 is 10.6 Å². The van der Waals surface area contributed by atoms with Gasteiger partial charge in [0.05, 0.1) is 0 Å². The second kappa shape index (κ2) is 5.47. The van der Waals surface area contributed by atoms with E-state index in [1.165, 1.54) is 0 Å². The van der Waals surface area contributed by atoms with Gasteiger partial charge in [0.15, 0.2) is 0 Å². The topological polar surface area (TPSA) is 50.4 Å². The van der Waals surface area contributed by atoms with Crippen LogP contribution in [0.3, 0.4) is 0 Å². The molecule has 1 aliphatic heterocycles. The Morgan fingerprint density at radius 2 is 2.06 bits per heavy atom. The fraction of sp³-hybridized carbons (Fsp3) is 0.929. The molecule has 2 atom stereocenters. The molecule has 4 heteroatoms. The first kappa shape index (κ1) is 15.3. The van der Waals surface area contributed by atoms with Crippen LogP contribution in [-0.2, 0) is 4.74 Å². The standard InChI is InChI=1S/C14H28N2O2/c1-10-8-16-14(5,6)7-11(10)9-15-12(17)18-13(2,3)4/h10-11,16H,7-9H2,1-6H3,(H,15,17). The van der Waals surface area contributed by atoms with Crippen molar-refractivity contribution in [1.29, 1.82) is 0 Å². The van der Waals surface area contributed by atoms with E-state index in [1.807, 2.05) is 20.8 Å². The Balaban J connectivity index is 2.40. The fourth-order valence-electron chi connectivity index (χ4n) is 2.33. The summed E-state index contributed by atoms with van der Waals surface area (Å²) in [6.07, 6.45) is 0.760. The molecule has 0 radical (unpaired) electrons. The van der Waals surface area contributed by atoms with E-state index in [4.69, 9.17) is 4.74 Å². The van der Waals surface area contributed by atoms with Gasteiger partial charge in [-0.2, -0.15) is 0 Å². The van der Waals surface area contributed by atoms with Crippen LogP contribution in [0.25, 0.3) is 0 Å². The smallest absolute Gasteiger partial charge is 0.407 e. The molecular weight excluding hydrogens is 228 g/mol. The number of hydrogen-bond donors (Lipinski definition) is 2. The maximum atomic E-state index is 11.6. The Bertz CT molecular complexity index is 295. The molecule has 1 aliphatic rings. The highest BCUT2D eigenvalue weighted by atomic mass is 16.6. The largest absolute Gasteiger partial charge is 0.444 e. The Kier molecular flexibility index (Phi) is 4.65. The van der Waals surface area contributed by atoms with Crippen molar-refractivity contribution in [2.75, 3.05) is 13.1 Å².